The summed E-state index contributed by atoms with van der Waals surface area (Å²) in [5.41, 5.74) is 2.22. The number of hydrogen-bond acceptors (Lipinski definition) is 7. The molecule has 3 aromatic rings. The van der Waals surface area contributed by atoms with Crippen molar-refractivity contribution in [1.82, 2.24) is 9.80 Å². The first-order valence-corrected chi connectivity index (χ1v) is 11.4. The maximum absolute atomic E-state index is 12.9. The van der Waals surface area contributed by atoms with E-state index in [0.717, 1.165) is 16.0 Å². The molecule has 0 aliphatic heterocycles. The van der Waals surface area contributed by atoms with Gasteiger partial charge >= 0.3 is 18.2 Å². The molecule has 0 N–H and O–H groups in total. The summed E-state index contributed by atoms with van der Waals surface area (Å²) in [5.74, 6) is -1.27. The van der Waals surface area contributed by atoms with E-state index in [0.29, 0.717) is 0 Å². The summed E-state index contributed by atoms with van der Waals surface area (Å²) < 4.78 is 16.0. The summed E-state index contributed by atoms with van der Waals surface area (Å²) in [6.07, 6.45) is -1.35. The topological polar surface area (TPSA) is 102 Å². The SMILES string of the molecule is Cc1ccc(C(=O)Oc2cc(C(=O)CN(C)C(=O)OCc3ccccc3)ccc2OC(=O)N(C)C)cc1. The zero-order chi connectivity index (χ0) is 26.9. The van der Waals surface area contributed by atoms with E-state index in [-0.39, 0.29) is 35.8 Å². The molecule has 37 heavy (non-hydrogen) atoms. The van der Waals surface area contributed by atoms with Gasteiger partial charge in [-0.1, -0.05) is 48.0 Å². The van der Waals surface area contributed by atoms with E-state index in [9.17, 15) is 19.2 Å². The monoisotopic (exact) mass is 504 g/mol. The van der Waals surface area contributed by atoms with Gasteiger partial charge < -0.3 is 24.0 Å². The predicted octanol–water partition coefficient (Wildman–Crippen LogP) is 4.73. The minimum absolute atomic E-state index is 0.0358. The van der Waals surface area contributed by atoms with Crippen LogP contribution in [0.1, 0.15) is 31.8 Å². The molecular weight excluding hydrogens is 476 g/mol. The van der Waals surface area contributed by atoms with Gasteiger partial charge in [-0.2, -0.15) is 0 Å². The first kappa shape index (κ1) is 26.9. The van der Waals surface area contributed by atoms with E-state index in [1.165, 1.54) is 44.2 Å². The highest BCUT2D eigenvalue weighted by atomic mass is 16.6. The van der Waals surface area contributed by atoms with Gasteiger partial charge in [0, 0.05) is 26.7 Å². The first-order valence-electron chi connectivity index (χ1n) is 11.4. The molecule has 0 fully saturated rings. The van der Waals surface area contributed by atoms with Crippen molar-refractivity contribution in [2.45, 2.75) is 13.5 Å². The highest BCUT2D eigenvalue weighted by molar-refractivity contribution is 6.00. The van der Waals surface area contributed by atoms with Crippen molar-refractivity contribution in [3.63, 3.8) is 0 Å². The lowest BCUT2D eigenvalue weighted by Gasteiger charge is -2.17. The molecule has 0 aliphatic rings. The van der Waals surface area contributed by atoms with Gasteiger partial charge in [0.2, 0.25) is 0 Å². The molecule has 3 aromatic carbocycles. The van der Waals surface area contributed by atoms with E-state index in [1.807, 2.05) is 37.3 Å². The Morgan fingerprint density at radius 2 is 1.38 bits per heavy atom. The number of benzene rings is 3. The fourth-order valence-electron chi connectivity index (χ4n) is 3.08. The van der Waals surface area contributed by atoms with Crippen LogP contribution in [0.25, 0.3) is 0 Å². The van der Waals surface area contributed by atoms with E-state index >= 15 is 0 Å². The second kappa shape index (κ2) is 12.3. The number of rotatable bonds is 8. The molecule has 0 atom stereocenters. The van der Waals surface area contributed by atoms with Crippen molar-refractivity contribution in [3.05, 3.63) is 95.1 Å². The van der Waals surface area contributed by atoms with E-state index in [2.05, 4.69) is 0 Å². The molecule has 0 saturated heterocycles. The van der Waals surface area contributed by atoms with Crippen LogP contribution in [0.5, 0.6) is 11.5 Å². The van der Waals surface area contributed by atoms with Gasteiger partial charge in [-0.05, 0) is 42.8 Å². The maximum atomic E-state index is 12.9. The lowest BCUT2D eigenvalue weighted by molar-refractivity contribution is 0.0726. The largest absolute Gasteiger partial charge is 0.445 e. The lowest BCUT2D eigenvalue weighted by atomic mass is 10.1. The Morgan fingerprint density at radius 3 is 2.03 bits per heavy atom. The zero-order valence-corrected chi connectivity index (χ0v) is 21.1. The van der Waals surface area contributed by atoms with Gasteiger partial charge in [-0.25, -0.2) is 14.4 Å². The Balaban J connectivity index is 1.74. The van der Waals surface area contributed by atoms with Crippen LogP contribution in [0.3, 0.4) is 0 Å². The molecular formula is C28H28N2O7. The van der Waals surface area contributed by atoms with Gasteiger partial charge in [0.1, 0.15) is 6.61 Å². The molecule has 0 aliphatic carbocycles. The molecule has 0 spiro atoms. The van der Waals surface area contributed by atoms with Crippen LogP contribution in [0, 0.1) is 6.92 Å². The molecule has 2 amide bonds. The molecule has 9 nitrogen and oxygen atoms in total. The van der Waals surface area contributed by atoms with Crippen LogP contribution in [-0.4, -0.2) is 61.4 Å². The third-order valence-corrected chi connectivity index (χ3v) is 5.22. The molecule has 0 saturated carbocycles. The van der Waals surface area contributed by atoms with Crippen molar-refractivity contribution < 1.29 is 33.4 Å². The van der Waals surface area contributed by atoms with Crippen molar-refractivity contribution in [2.75, 3.05) is 27.7 Å². The van der Waals surface area contributed by atoms with Crippen molar-refractivity contribution in [1.29, 1.82) is 0 Å². The summed E-state index contributed by atoms with van der Waals surface area (Å²) in [7, 11) is 4.45. The number of carbonyl (C=O) groups is 4. The summed E-state index contributed by atoms with van der Waals surface area (Å²) >= 11 is 0. The van der Waals surface area contributed by atoms with E-state index in [1.54, 1.807) is 24.3 Å². The zero-order valence-electron chi connectivity index (χ0n) is 21.1. The van der Waals surface area contributed by atoms with Gasteiger partial charge in [0.05, 0.1) is 12.1 Å². The molecule has 0 aromatic heterocycles. The third kappa shape index (κ3) is 7.66. The summed E-state index contributed by atoms with van der Waals surface area (Å²) in [6, 6.07) is 20.0. The van der Waals surface area contributed by atoms with Crippen molar-refractivity contribution in [3.8, 4) is 11.5 Å². The van der Waals surface area contributed by atoms with Crippen LogP contribution in [0.15, 0.2) is 72.8 Å². The number of carbonyl (C=O) groups excluding carboxylic acids is 4. The number of aryl methyl sites for hydroxylation is 1. The molecule has 9 heteroatoms. The van der Waals surface area contributed by atoms with E-state index in [4.69, 9.17) is 14.2 Å². The fourth-order valence-corrected chi connectivity index (χ4v) is 3.08. The van der Waals surface area contributed by atoms with E-state index < -0.39 is 23.9 Å². The lowest BCUT2D eigenvalue weighted by Crippen LogP contribution is -2.32. The molecule has 0 bridgehead atoms. The van der Waals surface area contributed by atoms with Crippen LogP contribution >= 0.6 is 0 Å². The molecule has 0 unspecified atom stereocenters. The van der Waals surface area contributed by atoms with Gasteiger partial charge in [-0.15, -0.1) is 0 Å². The number of esters is 1. The molecule has 0 radical (unpaired) electrons. The standard InChI is InChI=1S/C28H28N2O7/c1-19-10-12-21(13-11-19)26(32)36-25-16-22(14-15-24(25)37-27(33)29(2)3)23(31)17-30(4)28(34)35-18-20-8-6-5-7-9-20/h5-16H,17-18H2,1-4H3. The third-order valence-electron chi connectivity index (χ3n) is 5.22. The minimum Gasteiger partial charge on any atom is -0.445 e. The summed E-state index contributed by atoms with van der Waals surface area (Å²) in [5, 5.41) is 0. The molecule has 0 heterocycles. The normalized spacial score (nSPS) is 10.3. The van der Waals surface area contributed by atoms with Crippen LogP contribution in [-0.2, 0) is 11.3 Å². The minimum atomic E-state index is -0.687. The average molecular weight is 505 g/mol. The number of Topliss-reactive ketones (excluding diaryl/α,β-unsaturated/α-hetero) is 1. The Morgan fingerprint density at radius 1 is 0.730 bits per heavy atom. The number of ether oxygens (including phenoxy) is 3. The Hall–Kier alpha value is -4.66. The first-order chi connectivity index (χ1) is 17.6. The number of likely N-dealkylation sites (N-methyl/N-ethyl adjacent to an activating group) is 1. The number of hydrogen-bond donors (Lipinski definition) is 0. The van der Waals surface area contributed by atoms with Crippen LogP contribution in [0.2, 0.25) is 0 Å². The van der Waals surface area contributed by atoms with Crippen LogP contribution < -0.4 is 9.47 Å². The predicted molar refractivity (Wildman–Crippen MR) is 136 cm³/mol. The fraction of sp³-hybridized carbons (Fsp3) is 0.214. The second-order valence-electron chi connectivity index (χ2n) is 8.50. The van der Waals surface area contributed by atoms with Gasteiger partial charge in [-0.3, -0.25) is 4.79 Å². The molecule has 192 valence electrons. The Kier molecular flexibility index (Phi) is 8.99. The summed E-state index contributed by atoms with van der Waals surface area (Å²) in [6.45, 7) is 1.68. The quantitative estimate of drug-likeness (QED) is 0.248. The highest BCUT2D eigenvalue weighted by Gasteiger charge is 2.21. The maximum Gasteiger partial charge on any atom is 0.414 e. The van der Waals surface area contributed by atoms with Crippen LogP contribution in [0.4, 0.5) is 9.59 Å². The Bertz CT molecular complexity index is 1270. The second-order valence-corrected chi connectivity index (χ2v) is 8.50. The smallest absolute Gasteiger partial charge is 0.414 e. The highest BCUT2D eigenvalue weighted by Crippen LogP contribution is 2.30. The van der Waals surface area contributed by atoms with Crippen molar-refractivity contribution >= 4 is 23.9 Å². The number of ketones is 1. The van der Waals surface area contributed by atoms with Gasteiger partial charge in [0.15, 0.2) is 17.3 Å². The number of nitrogens with zero attached hydrogens (tertiary/aromatic N) is 2. The van der Waals surface area contributed by atoms with Crippen molar-refractivity contribution in [2.24, 2.45) is 0 Å². The Labute approximate surface area is 215 Å². The molecule has 3 rings (SSSR count). The van der Waals surface area contributed by atoms with Gasteiger partial charge in [0.25, 0.3) is 0 Å². The summed E-state index contributed by atoms with van der Waals surface area (Å²) in [4.78, 5) is 52.4. The average Bonchev–Trinajstić information content (AvgIpc) is 2.88. The number of amides is 2.